The fourth-order valence-electron chi connectivity index (χ4n) is 2.39. The second-order valence-electron chi connectivity index (χ2n) is 4.77. The summed E-state index contributed by atoms with van der Waals surface area (Å²) in [6, 6.07) is 5.24. The van der Waals surface area contributed by atoms with Crippen LogP contribution in [0.15, 0.2) is 29.2 Å². The fraction of sp³-hybridized carbons (Fsp3) is 0.538. The summed E-state index contributed by atoms with van der Waals surface area (Å²) in [7, 11) is 0. The molecule has 0 bridgehead atoms. The number of nitrogens with zero attached hydrogens (tertiary/aromatic N) is 2. The SMILES string of the molecule is NC(=S)C1CCCN(CCn2ccccc2=O)C1. The Kier molecular flexibility index (Phi) is 4.49. The summed E-state index contributed by atoms with van der Waals surface area (Å²) < 4.78 is 1.74. The minimum atomic E-state index is 0.0559. The van der Waals surface area contributed by atoms with Gasteiger partial charge < -0.3 is 15.2 Å². The number of nitrogens with two attached hydrogens (primary N) is 1. The average Bonchev–Trinajstić information content (AvgIpc) is 2.38. The van der Waals surface area contributed by atoms with Gasteiger partial charge in [0.25, 0.3) is 5.56 Å². The molecule has 5 heteroatoms. The maximum atomic E-state index is 11.6. The smallest absolute Gasteiger partial charge is 0.250 e. The Morgan fingerprint density at radius 2 is 2.28 bits per heavy atom. The normalized spacial score (nSPS) is 20.8. The second-order valence-corrected chi connectivity index (χ2v) is 5.25. The number of pyridine rings is 1. The van der Waals surface area contributed by atoms with E-state index in [2.05, 4.69) is 4.90 Å². The van der Waals surface area contributed by atoms with Crippen LogP contribution in [0.2, 0.25) is 0 Å². The number of thiocarbonyl (C=S) groups is 1. The van der Waals surface area contributed by atoms with Gasteiger partial charge in [-0.15, -0.1) is 0 Å². The molecule has 0 aliphatic carbocycles. The van der Waals surface area contributed by atoms with Gasteiger partial charge in [0, 0.05) is 37.8 Å². The highest BCUT2D eigenvalue weighted by molar-refractivity contribution is 7.80. The molecule has 2 rings (SSSR count). The lowest BCUT2D eigenvalue weighted by Crippen LogP contribution is -2.42. The molecule has 2 heterocycles. The van der Waals surface area contributed by atoms with E-state index in [1.807, 2.05) is 12.3 Å². The zero-order chi connectivity index (χ0) is 13.0. The first kappa shape index (κ1) is 13.2. The lowest BCUT2D eigenvalue weighted by atomic mass is 9.98. The first-order chi connectivity index (χ1) is 8.66. The predicted octanol–water partition coefficient (Wildman–Crippen LogP) is 0.846. The third-order valence-corrected chi connectivity index (χ3v) is 3.80. The number of hydrogen-bond donors (Lipinski definition) is 1. The zero-order valence-electron chi connectivity index (χ0n) is 10.4. The molecule has 0 spiro atoms. The summed E-state index contributed by atoms with van der Waals surface area (Å²) in [6.45, 7) is 3.60. The average molecular weight is 265 g/mol. The van der Waals surface area contributed by atoms with Crippen LogP contribution in [0, 0.1) is 5.92 Å². The van der Waals surface area contributed by atoms with E-state index in [1.165, 1.54) is 0 Å². The lowest BCUT2D eigenvalue weighted by Gasteiger charge is -2.32. The minimum Gasteiger partial charge on any atom is -0.393 e. The highest BCUT2D eigenvalue weighted by Gasteiger charge is 2.21. The van der Waals surface area contributed by atoms with Crippen LogP contribution in [0.4, 0.5) is 0 Å². The van der Waals surface area contributed by atoms with Gasteiger partial charge in [-0.25, -0.2) is 0 Å². The predicted molar refractivity (Wildman–Crippen MR) is 76.7 cm³/mol. The topological polar surface area (TPSA) is 51.3 Å². The van der Waals surface area contributed by atoms with Gasteiger partial charge in [-0.05, 0) is 25.5 Å². The molecule has 1 saturated heterocycles. The van der Waals surface area contributed by atoms with Crippen molar-refractivity contribution in [3.8, 4) is 0 Å². The van der Waals surface area contributed by atoms with Crippen LogP contribution in [0.25, 0.3) is 0 Å². The van der Waals surface area contributed by atoms with Crippen LogP contribution in [0.3, 0.4) is 0 Å². The molecule has 1 aromatic rings. The quantitative estimate of drug-likeness (QED) is 0.820. The van der Waals surface area contributed by atoms with E-state index in [4.69, 9.17) is 18.0 Å². The molecule has 1 aromatic heterocycles. The van der Waals surface area contributed by atoms with Gasteiger partial charge in [0.2, 0.25) is 0 Å². The van der Waals surface area contributed by atoms with Crippen molar-refractivity contribution in [3.05, 3.63) is 34.7 Å². The third kappa shape index (κ3) is 3.40. The maximum absolute atomic E-state index is 11.6. The third-order valence-electron chi connectivity index (χ3n) is 3.46. The molecule has 1 unspecified atom stereocenters. The molecular formula is C13H19N3OS. The lowest BCUT2D eigenvalue weighted by molar-refractivity contribution is 0.197. The summed E-state index contributed by atoms with van der Waals surface area (Å²) in [5.41, 5.74) is 5.77. The Morgan fingerprint density at radius 1 is 1.44 bits per heavy atom. The Morgan fingerprint density at radius 3 is 3.00 bits per heavy atom. The summed E-state index contributed by atoms with van der Waals surface area (Å²) in [5.74, 6) is 0.334. The van der Waals surface area contributed by atoms with Crippen molar-refractivity contribution in [2.45, 2.75) is 19.4 Å². The van der Waals surface area contributed by atoms with Gasteiger partial charge >= 0.3 is 0 Å². The standard InChI is InChI=1S/C13H19N3OS/c14-13(18)11-4-3-6-15(10-11)8-9-16-7-2-1-5-12(16)17/h1-2,5,7,11H,3-4,6,8-10H2,(H2,14,18). The molecule has 1 atom stereocenters. The number of hydrogen-bond acceptors (Lipinski definition) is 3. The van der Waals surface area contributed by atoms with E-state index in [1.54, 1.807) is 16.7 Å². The van der Waals surface area contributed by atoms with E-state index in [0.29, 0.717) is 10.9 Å². The van der Waals surface area contributed by atoms with Crippen LogP contribution in [-0.4, -0.2) is 34.1 Å². The molecule has 2 N–H and O–H groups in total. The number of likely N-dealkylation sites (tertiary alicyclic amines) is 1. The van der Waals surface area contributed by atoms with Gasteiger partial charge in [-0.1, -0.05) is 18.3 Å². The van der Waals surface area contributed by atoms with Gasteiger partial charge in [0.15, 0.2) is 0 Å². The van der Waals surface area contributed by atoms with Crippen molar-refractivity contribution in [1.29, 1.82) is 0 Å². The minimum absolute atomic E-state index is 0.0559. The van der Waals surface area contributed by atoms with Crippen molar-refractivity contribution in [2.24, 2.45) is 11.7 Å². The van der Waals surface area contributed by atoms with Gasteiger partial charge in [0.05, 0.1) is 4.99 Å². The van der Waals surface area contributed by atoms with Crippen molar-refractivity contribution in [2.75, 3.05) is 19.6 Å². The van der Waals surface area contributed by atoms with E-state index in [-0.39, 0.29) is 5.56 Å². The second kappa shape index (κ2) is 6.11. The highest BCUT2D eigenvalue weighted by Crippen LogP contribution is 2.16. The molecular weight excluding hydrogens is 246 g/mol. The maximum Gasteiger partial charge on any atom is 0.250 e. The Balaban J connectivity index is 1.89. The highest BCUT2D eigenvalue weighted by atomic mass is 32.1. The summed E-state index contributed by atoms with van der Waals surface area (Å²) >= 11 is 5.06. The Bertz CT molecular complexity index is 471. The van der Waals surface area contributed by atoms with Crippen LogP contribution in [0.5, 0.6) is 0 Å². The molecule has 0 saturated carbocycles. The zero-order valence-corrected chi connectivity index (χ0v) is 11.2. The van der Waals surface area contributed by atoms with Crippen molar-refractivity contribution >= 4 is 17.2 Å². The van der Waals surface area contributed by atoms with E-state index in [0.717, 1.165) is 39.0 Å². The fourth-order valence-corrected chi connectivity index (χ4v) is 2.58. The van der Waals surface area contributed by atoms with Gasteiger partial charge in [0.1, 0.15) is 0 Å². The Labute approximate surface area is 112 Å². The van der Waals surface area contributed by atoms with Crippen LogP contribution < -0.4 is 11.3 Å². The monoisotopic (exact) mass is 265 g/mol. The number of rotatable bonds is 4. The van der Waals surface area contributed by atoms with Crippen molar-refractivity contribution < 1.29 is 0 Å². The van der Waals surface area contributed by atoms with Crippen LogP contribution in [-0.2, 0) is 6.54 Å². The van der Waals surface area contributed by atoms with E-state index < -0.39 is 0 Å². The molecule has 1 fully saturated rings. The largest absolute Gasteiger partial charge is 0.393 e. The summed E-state index contributed by atoms with van der Waals surface area (Å²) in [4.78, 5) is 14.5. The molecule has 4 nitrogen and oxygen atoms in total. The number of aromatic nitrogens is 1. The van der Waals surface area contributed by atoms with Crippen molar-refractivity contribution in [3.63, 3.8) is 0 Å². The van der Waals surface area contributed by atoms with Crippen LogP contribution in [0.1, 0.15) is 12.8 Å². The first-order valence-electron chi connectivity index (χ1n) is 6.34. The molecule has 1 aliphatic rings. The van der Waals surface area contributed by atoms with Gasteiger partial charge in [-0.3, -0.25) is 4.79 Å². The van der Waals surface area contributed by atoms with Crippen LogP contribution >= 0.6 is 12.2 Å². The van der Waals surface area contributed by atoms with Crippen molar-refractivity contribution in [1.82, 2.24) is 9.47 Å². The van der Waals surface area contributed by atoms with E-state index >= 15 is 0 Å². The molecule has 1 aliphatic heterocycles. The summed E-state index contributed by atoms with van der Waals surface area (Å²) in [6.07, 6.45) is 4.06. The summed E-state index contributed by atoms with van der Waals surface area (Å²) in [5, 5.41) is 0. The van der Waals surface area contributed by atoms with Gasteiger partial charge in [-0.2, -0.15) is 0 Å². The molecule has 98 valence electrons. The Hall–Kier alpha value is -1.20. The molecule has 18 heavy (non-hydrogen) atoms. The molecule has 0 aromatic carbocycles. The molecule has 0 radical (unpaired) electrons. The number of piperidine rings is 1. The first-order valence-corrected chi connectivity index (χ1v) is 6.75. The van der Waals surface area contributed by atoms with E-state index in [9.17, 15) is 4.79 Å². The molecule has 0 amide bonds.